The molecule has 1 aromatic heterocycles. The second-order valence-corrected chi connectivity index (χ2v) is 10.3. The standard InChI is InChI=1S/C23H25FN4O6/c1-11-23(15-10-31-26-19(15)32-23)34-21(30)28(11)12-5-6-17(16(24)7-12)27-8-13-14(9-27)18(13)25-20(29)33-22(2,3)4/h5-7,10-11,13-14,18H,8-9H2,1-4H3,(H,25,29)/t11?,13-,14+,18+,23-/m0/s1. The molecule has 10 nitrogen and oxygen atoms in total. The van der Waals surface area contributed by atoms with Gasteiger partial charge in [-0.15, -0.1) is 0 Å². The third kappa shape index (κ3) is 3.02. The maximum absolute atomic E-state index is 15.2. The third-order valence-electron chi connectivity index (χ3n) is 6.96. The van der Waals surface area contributed by atoms with Crippen LogP contribution in [0, 0.1) is 17.7 Å². The monoisotopic (exact) mass is 472 g/mol. The van der Waals surface area contributed by atoms with E-state index < -0.39 is 35.4 Å². The molecule has 180 valence electrons. The molecule has 4 aliphatic rings. The van der Waals surface area contributed by atoms with Crippen LogP contribution in [0.2, 0.25) is 0 Å². The second kappa shape index (κ2) is 6.77. The predicted octanol–water partition coefficient (Wildman–Crippen LogP) is 3.36. The molecule has 1 aromatic carbocycles. The number of piperidine rings is 1. The molecule has 11 heteroatoms. The van der Waals surface area contributed by atoms with Gasteiger partial charge in [-0.25, -0.2) is 14.0 Å². The number of carbonyl (C=O) groups is 2. The van der Waals surface area contributed by atoms with E-state index in [0.717, 1.165) is 0 Å². The Hall–Kier alpha value is -3.50. The van der Waals surface area contributed by atoms with Crippen molar-refractivity contribution < 1.29 is 32.7 Å². The number of halogens is 1. The number of alkyl carbamates (subject to hydrolysis) is 1. The summed E-state index contributed by atoms with van der Waals surface area (Å²) >= 11 is 0. The fraction of sp³-hybridized carbons (Fsp3) is 0.522. The summed E-state index contributed by atoms with van der Waals surface area (Å²) in [7, 11) is 0. The van der Waals surface area contributed by atoms with Crippen molar-refractivity contribution in [1.29, 1.82) is 0 Å². The number of rotatable bonds is 3. The minimum atomic E-state index is -1.30. The highest BCUT2D eigenvalue weighted by Gasteiger charge is 2.64. The largest absolute Gasteiger partial charge is 0.444 e. The normalized spacial score (nSPS) is 30.9. The first-order chi connectivity index (χ1) is 16.1. The van der Waals surface area contributed by atoms with E-state index >= 15 is 4.39 Å². The molecule has 1 aliphatic carbocycles. The Kier molecular flexibility index (Phi) is 4.19. The maximum Gasteiger partial charge on any atom is 0.418 e. The zero-order valence-corrected chi connectivity index (χ0v) is 19.2. The number of aromatic nitrogens is 1. The Labute approximate surface area is 194 Å². The first-order valence-electron chi connectivity index (χ1n) is 11.3. The molecule has 3 aliphatic heterocycles. The summed E-state index contributed by atoms with van der Waals surface area (Å²) in [4.78, 5) is 28.0. The highest BCUT2D eigenvalue weighted by Crippen LogP contribution is 2.52. The number of nitrogens with one attached hydrogen (secondary N) is 1. The van der Waals surface area contributed by atoms with E-state index in [1.165, 1.54) is 17.2 Å². The molecule has 3 fully saturated rings. The van der Waals surface area contributed by atoms with Crippen molar-refractivity contribution >= 4 is 23.6 Å². The fourth-order valence-corrected chi connectivity index (χ4v) is 5.27. The molecule has 0 bridgehead atoms. The molecule has 0 radical (unpaired) electrons. The van der Waals surface area contributed by atoms with Crippen LogP contribution in [0.25, 0.3) is 0 Å². The van der Waals surface area contributed by atoms with Crippen LogP contribution in [-0.2, 0) is 15.3 Å². The highest BCUT2D eigenvalue weighted by molar-refractivity contribution is 5.92. The van der Waals surface area contributed by atoms with E-state index in [-0.39, 0.29) is 23.8 Å². The number of carbonyl (C=O) groups excluding carboxylic acids is 2. The quantitative estimate of drug-likeness (QED) is 0.725. The van der Waals surface area contributed by atoms with Crippen LogP contribution in [0.15, 0.2) is 29.0 Å². The molecule has 2 amide bonds. The smallest absolute Gasteiger partial charge is 0.418 e. The van der Waals surface area contributed by atoms with Crippen LogP contribution in [0.4, 0.5) is 25.4 Å². The summed E-state index contributed by atoms with van der Waals surface area (Å²) in [6.07, 6.45) is 0.330. The van der Waals surface area contributed by atoms with E-state index in [1.54, 1.807) is 19.1 Å². The third-order valence-corrected chi connectivity index (χ3v) is 6.96. The van der Waals surface area contributed by atoms with E-state index in [4.69, 9.17) is 18.7 Å². The van der Waals surface area contributed by atoms with Crippen molar-refractivity contribution in [2.45, 2.75) is 51.2 Å². The Balaban J connectivity index is 1.12. The average Bonchev–Trinajstić information content (AvgIpc) is 3.08. The molecular formula is C23H25FN4O6. The number of ether oxygens (including phenoxy) is 3. The number of hydrogen-bond donors (Lipinski definition) is 1. The van der Waals surface area contributed by atoms with Gasteiger partial charge in [-0.1, -0.05) is 0 Å². The Morgan fingerprint density at radius 2 is 2.00 bits per heavy atom. The van der Waals surface area contributed by atoms with Crippen LogP contribution in [0.1, 0.15) is 33.3 Å². The van der Waals surface area contributed by atoms with Crippen LogP contribution in [0.5, 0.6) is 5.88 Å². The van der Waals surface area contributed by atoms with Crippen molar-refractivity contribution in [2.75, 3.05) is 22.9 Å². The van der Waals surface area contributed by atoms with Gasteiger partial charge < -0.3 is 29.0 Å². The molecule has 1 unspecified atom stereocenters. The number of hydrogen-bond acceptors (Lipinski definition) is 8. The summed E-state index contributed by atoms with van der Waals surface area (Å²) in [5, 5.41) is 6.61. The molecule has 1 spiro atoms. The van der Waals surface area contributed by atoms with Gasteiger partial charge in [0.1, 0.15) is 29.3 Å². The van der Waals surface area contributed by atoms with E-state index in [2.05, 4.69) is 10.5 Å². The van der Waals surface area contributed by atoms with Gasteiger partial charge >= 0.3 is 18.0 Å². The highest BCUT2D eigenvalue weighted by atomic mass is 19.1. The van der Waals surface area contributed by atoms with Crippen molar-refractivity contribution in [3.05, 3.63) is 35.8 Å². The molecule has 34 heavy (non-hydrogen) atoms. The van der Waals surface area contributed by atoms with Gasteiger partial charge in [0.2, 0.25) is 0 Å². The van der Waals surface area contributed by atoms with Gasteiger partial charge in [0.25, 0.3) is 5.88 Å². The van der Waals surface area contributed by atoms with Crippen molar-refractivity contribution in [3.63, 3.8) is 0 Å². The predicted molar refractivity (Wildman–Crippen MR) is 116 cm³/mol. The minimum Gasteiger partial charge on any atom is -0.444 e. The maximum atomic E-state index is 15.2. The van der Waals surface area contributed by atoms with Crippen LogP contribution >= 0.6 is 0 Å². The summed E-state index contributed by atoms with van der Waals surface area (Å²) in [5.41, 5.74) is 0.840. The topological polar surface area (TPSA) is 106 Å². The molecule has 1 N–H and O–H groups in total. The molecule has 2 aromatic rings. The van der Waals surface area contributed by atoms with Crippen molar-refractivity contribution in [3.8, 4) is 5.88 Å². The zero-order chi connectivity index (χ0) is 24.0. The second-order valence-electron chi connectivity index (χ2n) is 10.3. The van der Waals surface area contributed by atoms with Crippen LogP contribution in [-0.4, -0.2) is 48.1 Å². The van der Waals surface area contributed by atoms with Gasteiger partial charge in [-0.05, 0) is 51.1 Å². The molecular weight excluding hydrogens is 447 g/mol. The minimum absolute atomic E-state index is 0.0506. The number of benzene rings is 1. The zero-order valence-electron chi connectivity index (χ0n) is 19.2. The lowest BCUT2D eigenvalue weighted by Crippen LogP contribution is -2.51. The Morgan fingerprint density at radius 3 is 2.65 bits per heavy atom. The summed E-state index contributed by atoms with van der Waals surface area (Å²) in [5.74, 6) is -0.928. The fourth-order valence-electron chi connectivity index (χ4n) is 5.27. The first-order valence-corrected chi connectivity index (χ1v) is 11.3. The van der Waals surface area contributed by atoms with Gasteiger partial charge in [0, 0.05) is 31.0 Å². The SMILES string of the molecule is CC1N(c2ccc(N3C[C@@H]4[C@H](C3)[C@H]4NC(=O)OC(C)(C)C)c(F)c2)C(=O)O[C@@]12Oc1nocc12. The lowest BCUT2D eigenvalue weighted by Gasteiger charge is -2.37. The Bertz CT molecular complexity index is 1180. The number of amides is 2. The molecule has 5 atom stereocenters. The van der Waals surface area contributed by atoms with Crippen LogP contribution < -0.4 is 19.9 Å². The Morgan fingerprint density at radius 1 is 1.26 bits per heavy atom. The number of anilines is 2. The van der Waals surface area contributed by atoms with Gasteiger partial charge in [-0.2, -0.15) is 0 Å². The molecule has 2 saturated heterocycles. The van der Waals surface area contributed by atoms with Crippen molar-refractivity contribution in [2.24, 2.45) is 11.8 Å². The average molecular weight is 472 g/mol. The van der Waals surface area contributed by atoms with Crippen LogP contribution in [0.3, 0.4) is 0 Å². The number of fused-ring (bicyclic) bond motifs is 3. The van der Waals surface area contributed by atoms with Crippen molar-refractivity contribution in [1.82, 2.24) is 10.5 Å². The summed E-state index contributed by atoms with van der Waals surface area (Å²) in [6, 6.07) is 4.21. The molecule has 1 saturated carbocycles. The van der Waals surface area contributed by atoms with Gasteiger partial charge in [0.05, 0.1) is 11.4 Å². The molecule has 4 heterocycles. The van der Waals surface area contributed by atoms with E-state index in [0.29, 0.717) is 30.0 Å². The summed E-state index contributed by atoms with van der Waals surface area (Å²) < 4.78 is 36.5. The summed E-state index contributed by atoms with van der Waals surface area (Å²) in [6.45, 7) is 8.50. The van der Waals surface area contributed by atoms with Gasteiger partial charge in [-0.3, -0.25) is 4.90 Å². The first kappa shape index (κ1) is 21.1. The van der Waals surface area contributed by atoms with Gasteiger partial charge in [0.15, 0.2) is 0 Å². The van der Waals surface area contributed by atoms with E-state index in [1.807, 2.05) is 25.7 Å². The van der Waals surface area contributed by atoms with E-state index in [9.17, 15) is 9.59 Å². The lowest BCUT2D eigenvalue weighted by atomic mass is 9.97. The lowest BCUT2D eigenvalue weighted by molar-refractivity contribution is -0.170. The molecule has 6 rings (SSSR count). The number of nitrogens with zero attached hydrogens (tertiary/aromatic N) is 3.